The molecule has 0 unspecified atom stereocenters. The minimum Gasteiger partial charge on any atom is -0.454 e. The third-order valence-electron chi connectivity index (χ3n) is 6.48. The van der Waals surface area contributed by atoms with Crippen molar-refractivity contribution in [2.75, 3.05) is 44.2 Å². The number of hydrogen-bond donors (Lipinski definition) is 2. The van der Waals surface area contributed by atoms with Crippen molar-refractivity contribution >= 4 is 17.4 Å². The summed E-state index contributed by atoms with van der Waals surface area (Å²) in [4.78, 5) is 17.3. The Morgan fingerprint density at radius 1 is 1.00 bits per heavy atom. The Bertz CT molecular complexity index is 1160. The largest absolute Gasteiger partial charge is 0.454 e. The van der Waals surface area contributed by atoms with Gasteiger partial charge in [-0.15, -0.1) is 0 Å². The van der Waals surface area contributed by atoms with Crippen LogP contribution in [0.25, 0.3) is 0 Å². The van der Waals surface area contributed by atoms with E-state index in [1.54, 1.807) is 12.1 Å². The fraction of sp³-hybridized carbons (Fsp3) is 0.296. The summed E-state index contributed by atoms with van der Waals surface area (Å²) in [5.41, 5.74) is 5.77. The molecule has 1 atom stereocenters. The molecule has 3 aromatic carbocycles. The van der Waals surface area contributed by atoms with Crippen molar-refractivity contribution in [1.82, 2.24) is 10.2 Å². The van der Waals surface area contributed by atoms with Crippen molar-refractivity contribution in [3.63, 3.8) is 0 Å². The second-order valence-corrected chi connectivity index (χ2v) is 8.89. The smallest absolute Gasteiger partial charge is 0.319 e. The van der Waals surface area contributed by atoms with Crippen LogP contribution in [-0.2, 0) is 13.0 Å². The molecule has 0 saturated carbocycles. The van der Waals surface area contributed by atoms with Gasteiger partial charge in [0, 0.05) is 51.2 Å². The maximum atomic E-state index is 12.8. The molecule has 2 heterocycles. The molecule has 0 radical (unpaired) electrons. The summed E-state index contributed by atoms with van der Waals surface area (Å²) < 4.78 is 10.7. The first kappa shape index (κ1) is 22.1. The summed E-state index contributed by atoms with van der Waals surface area (Å²) in [6.45, 7) is 2.52. The average Bonchev–Trinajstić information content (AvgIpc) is 3.32. The van der Waals surface area contributed by atoms with E-state index in [0.717, 1.165) is 25.2 Å². The predicted molar refractivity (Wildman–Crippen MR) is 134 cm³/mol. The fourth-order valence-electron chi connectivity index (χ4n) is 4.57. The van der Waals surface area contributed by atoms with Crippen molar-refractivity contribution < 1.29 is 14.3 Å². The molecule has 0 fully saturated rings. The zero-order chi connectivity index (χ0) is 23.5. The Kier molecular flexibility index (Phi) is 6.27. The molecule has 5 rings (SSSR count). The first-order valence-corrected chi connectivity index (χ1v) is 11.6. The second kappa shape index (κ2) is 9.65. The molecule has 7 nitrogen and oxygen atoms in total. The fourth-order valence-corrected chi connectivity index (χ4v) is 4.57. The Balaban J connectivity index is 1.30. The van der Waals surface area contributed by atoms with E-state index >= 15 is 0 Å². The number of rotatable bonds is 6. The van der Waals surface area contributed by atoms with Crippen molar-refractivity contribution in [2.24, 2.45) is 0 Å². The molecule has 2 N–H and O–H groups in total. The normalized spacial score (nSPS) is 15.4. The summed E-state index contributed by atoms with van der Waals surface area (Å²) in [7, 11) is 4.08. The van der Waals surface area contributed by atoms with Crippen LogP contribution in [0.5, 0.6) is 11.5 Å². The first-order valence-electron chi connectivity index (χ1n) is 11.6. The van der Waals surface area contributed by atoms with Crippen LogP contribution in [0.15, 0.2) is 66.7 Å². The molecule has 2 aliphatic heterocycles. The van der Waals surface area contributed by atoms with Crippen LogP contribution in [0, 0.1) is 0 Å². The zero-order valence-electron chi connectivity index (χ0n) is 19.6. The molecule has 7 heteroatoms. The lowest BCUT2D eigenvalue weighted by atomic mass is 9.96. The maximum Gasteiger partial charge on any atom is 0.319 e. The number of anilines is 2. The Morgan fingerprint density at radius 3 is 2.56 bits per heavy atom. The van der Waals surface area contributed by atoms with Crippen LogP contribution in [0.2, 0.25) is 0 Å². The molecular formula is C27H30N4O3. The van der Waals surface area contributed by atoms with Gasteiger partial charge in [0.1, 0.15) is 0 Å². The average molecular weight is 459 g/mol. The highest BCUT2D eigenvalue weighted by Gasteiger charge is 2.25. The number of urea groups is 1. The Hall–Kier alpha value is -3.71. The lowest BCUT2D eigenvalue weighted by Gasteiger charge is -2.36. The predicted octanol–water partition coefficient (Wildman–Crippen LogP) is 4.40. The van der Waals surface area contributed by atoms with Gasteiger partial charge in [0.15, 0.2) is 11.5 Å². The third kappa shape index (κ3) is 4.79. The summed E-state index contributed by atoms with van der Waals surface area (Å²) in [5, 5.41) is 5.99. The minimum atomic E-state index is -0.244. The number of nitrogens with one attached hydrogen (secondary N) is 2. The lowest BCUT2D eigenvalue weighted by Crippen LogP contribution is -2.41. The van der Waals surface area contributed by atoms with Gasteiger partial charge in [-0.25, -0.2) is 4.79 Å². The molecule has 176 valence electrons. The van der Waals surface area contributed by atoms with E-state index in [4.69, 9.17) is 9.47 Å². The van der Waals surface area contributed by atoms with Crippen LogP contribution >= 0.6 is 0 Å². The van der Waals surface area contributed by atoms with Gasteiger partial charge in [0.05, 0.1) is 6.04 Å². The summed E-state index contributed by atoms with van der Waals surface area (Å²) >= 11 is 0. The molecule has 0 spiro atoms. The van der Waals surface area contributed by atoms with Crippen LogP contribution in [0.3, 0.4) is 0 Å². The maximum absolute atomic E-state index is 12.8. The summed E-state index contributed by atoms with van der Waals surface area (Å²) in [6, 6.07) is 22.4. The van der Waals surface area contributed by atoms with E-state index in [9.17, 15) is 4.79 Å². The quantitative estimate of drug-likeness (QED) is 0.573. The third-order valence-corrected chi connectivity index (χ3v) is 6.48. The van der Waals surface area contributed by atoms with Gasteiger partial charge < -0.3 is 25.0 Å². The van der Waals surface area contributed by atoms with Gasteiger partial charge in [-0.2, -0.15) is 0 Å². The molecule has 0 aromatic heterocycles. The second-order valence-electron chi connectivity index (χ2n) is 8.89. The van der Waals surface area contributed by atoms with Gasteiger partial charge in [0.25, 0.3) is 0 Å². The first-order chi connectivity index (χ1) is 16.6. The van der Waals surface area contributed by atoms with E-state index in [1.165, 1.54) is 16.7 Å². The standard InChI is InChI=1S/C27H30N4O3/c1-30(2)23-10-7-20(8-11-23)24(31-14-13-19-5-3-4-6-21(19)17-31)16-28-27(32)29-22-9-12-25-26(15-22)34-18-33-25/h3-12,15,24H,13-14,16-18H2,1-2H3,(H2,28,29,32)/t24-/m0/s1. The molecule has 2 aliphatic rings. The Morgan fingerprint density at radius 2 is 1.76 bits per heavy atom. The summed E-state index contributed by atoms with van der Waals surface area (Å²) in [6.07, 6.45) is 1.01. The number of fused-ring (bicyclic) bond motifs is 2. The van der Waals surface area contributed by atoms with Crippen molar-refractivity contribution in [3.8, 4) is 11.5 Å². The SMILES string of the molecule is CN(C)c1ccc([C@H](CNC(=O)Nc2ccc3c(c2)OCO3)N2CCc3ccccc3C2)cc1. The number of carbonyl (C=O) groups is 1. The number of nitrogens with zero attached hydrogens (tertiary/aromatic N) is 2. The number of ether oxygens (including phenoxy) is 2. The molecule has 0 saturated heterocycles. The van der Waals surface area contributed by atoms with Gasteiger partial charge in [-0.3, -0.25) is 4.90 Å². The van der Waals surface area contributed by atoms with Crippen LogP contribution in [-0.4, -0.2) is 44.9 Å². The van der Waals surface area contributed by atoms with E-state index in [1.807, 2.05) is 20.2 Å². The van der Waals surface area contributed by atoms with E-state index in [0.29, 0.717) is 23.7 Å². The topological polar surface area (TPSA) is 66.1 Å². The van der Waals surface area contributed by atoms with Gasteiger partial charge >= 0.3 is 6.03 Å². The minimum absolute atomic E-state index is 0.0621. The van der Waals surface area contributed by atoms with Gasteiger partial charge in [-0.05, 0) is 47.4 Å². The number of benzene rings is 3. The van der Waals surface area contributed by atoms with Crippen LogP contribution < -0.4 is 25.0 Å². The van der Waals surface area contributed by atoms with E-state index in [2.05, 4.69) is 69.0 Å². The highest BCUT2D eigenvalue weighted by atomic mass is 16.7. The number of amides is 2. The van der Waals surface area contributed by atoms with Crippen LogP contribution in [0.1, 0.15) is 22.7 Å². The number of carbonyl (C=O) groups excluding carboxylic acids is 1. The highest BCUT2D eigenvalue weighted by Crippen LogP contribution is 2.34. The van der Waals surface area contributed by atoms with Crippen molar-refractivity contribution in [2.45, 2.75) is 19.0 Å². The van der Waals surface area contributed by atoms with Gasteiger partial charge in [-0.1, -0.05) is 36.4 Å². The zero-order valence-corrected chi connectivity index (χ0v) is 19.6. The number of hydrogen-bond acceptors (Lipinski definition) is 5. The van der Waals surface area contributed by atoms with E-state index < -0.39 is 0 Å². The van der Waals surface area contributed by atoms with Crippen molar-refractivity contribution in [3.05, 3.63) is 83.4 Å². The molecule has 0 aliphatic carbocycles. The van der Waals surface area contributed by atoms with Crippen molar-refractivity contribution in [1.29, 1.82) is 0 Å². The van der Waals surface area contributed by atoms with E-state index in [-0.39, 0.29) is 18.9 Å². The molecule has 34 heavy (non-hydrogen) atoms. The molecule has 0 bridgehead atoms. The van der Waals surface area contributed by atoms with Gasteiger partial charge in [0.2, 0.25) is 6.79 Å². The monoisotopic (exact) mass is 458 g/mol. The highest BCUT2D eigenvalue weighted by molar-refractivity contribution is 5.89. The molecule has 3 aromatic rings. The molecular weight excluding hydrogens is 428 g/mol. The lowest BCUT2D eigenvalue weighted by molar-refractivity contribution is 0.174. The van der Waals surface area contributed by atoms with Crippen LogP contribution in [0.4, 0.5) is 16.2 Å². The molecule has 2 amide bonds. The summed E-state index contributed by atoms with van der Waals surface area (Å²) in [5.74, 6) is 1.33. The Labute approximate surface area is 200 Å².